The lowest BCUT2D eigenvalue weighted by molar-refractivity contribution is -0.0514. The summed E-state index contributed by atoms with van der Waals surface area (Å²) < 4.78 is 6.83. The van der Waals surface area contributed by atoms with Crippen LogP contribution in [0.5, 0.6) is 0 Å². The first-order chi connectivity index (χ1) is 8.72. The van der Waals surface area contributed by atoms with Crippen molar-refractivity contribution in [1.29, 1.82) is 0 Å². The minimum absolute atomic E-state index is 0.0700. The van der Waals surface area contributed by atoms with E-state index >= 15 is 0 Å². The van der Waals surface area contributed by atoms with E-state index in [1.165, 1.54) is 30.6 Å². The predicted molar refractivity (Wildman–Crippen MR) is 78.6 cm³/mol. The van der Waals surface area contributed by atoms with E-state index in [-0.39, 0.29) is 11.6 Å². The van der Waals surface area contributed by atoms with Crippen molar-refractivity contribution >= 4 is 22.9 Å². The van der Waals surface area contributed by atoms with Gasteiger partial charge in [-0.05, 0) is 32.0 Å². The second-order valence-corrected chi connectivity index (χ2v) is 6.79. The molecular weight excluding hydrogens is 266 g/mol. The van der Waals surface area contributed by atoms with Gasteiger partial charge in [-0.15, -0.1) is 11.3 Å². The van der Waals surface area contributed by atoms with Crippen molar-refractivity contribution in [2.75, 3.05) is 14.2 Å². The third kappa shape index (κ3) is 2.90. The van der Waals surface area contributed by atoms with Crippen LogP contribution in [-0.2, 0) is 4.74 Å². The highest BCUT2D eigenvalue weighted by molar-refractivity contribution is 7.16. The highest BCUT2D eigenvalue weighted by Crippen LogP contribution is 2.42. The van der Waals surface area contributed by atoms with Crippen LogP contribution >= 0.6 is 22.9 Å². The van der Waals surface area contributed by atoms with Gasteiger partial charge in [0.2, 0.25) is 0 Å². The number of halogens is 1. The normalized spacial score (nSPS) is 21.5. The Morgan fingerprint density at radius 1 is 1.28 bits per heavy atom. The Bertz CT molecular complexity index is 372. The van der Waals surface area contributed by atoms with Gasteiger partial charge in [0.25, 0.3) is 0 Å². The van der Waals surface area contributed by atoms with Gasteiger partial charge in [-0.25, -0.2) is 0 Å². The second-order valence-electron chi connectivity index (χ2n) is 5.05. The number of methoxy groups -OCH3 is 1. The van der Waals surface area contributed by atoms with Gasteiger partial charge >= 0.3 is 0 Å². The van der Waals surface area contributed by atoms with Crippen LogP contribution < -0.4 is 5.32 Å². The van der Waals surface area contributed by atoms with Crippen LogP contribution in [0.3, 0.4) is 0 Å². The molecule has 1 aliphatic carbocycles. The average Bonchev–Trinajstić information content (AvgIpc) is 2.66. The molecule has 102 valence electrons. The molecule has 1 fully saturated rings. The number of hydrogen-bond donors (Lipinski definition) is 1. The van der Waals surface area contributed by atoms with Gasteiger partial charge in [0, 0.05) is 12.0 Å². The number of ether oxygens (including phenoxy) is 1. The van der Waals surface area contributed by atoms with Gasteiger partial charge in [-0.3, -0.25) is 0 Å². The summed E-state index contributed by atoms with van der Waals surface area (Å²) in [6.07, 6.45) is 7.42. The number of likely N-dealkylation sites (N-methyl/N-ethyl adjacent to an activating group) is 1. The SMILES string of the molecule is CNC(c1ccc(Cl)s1)C1(OC)CCCCCC1. The Hall–Kier alpha value is -0.0900. The zero-order chi connectivity index (χ0) is 13.0. The first-order valence-electron chi connectivity index (χ1n) is 6.69. The van der Waals surface area contributed by atoms with Gasteiger partial charge in [0.05, 0.1) is 16.0 Å². The molecule has 0 saturated heterocycles. The molecule has 0 aromatic carbocycles. The highest BCUT2D eigenvalue weighted by Gasteiger charge is 2.39. The third-order valence-corrected chi connectivity index (χ3v) is 5.35. The van der Waals surface area contributed by atoms with Gasteiger partial charge < -0.3 is 10.1 Å². The molecular formula is C14H22ClNOS. The quantitative estimate of drug-likeness (QED) is 0.829. The van der Waals surface area contributed by atoms with E-state index in [4.69, 9.17) is 16.3 Å². The summed E-state index contributed by atoms with van der Waals surface area (Å²) >= 11 is 7.73. The first kappa shape index (κ1) is 14.3. The summed E-state index contributed by atoms with van der Waals surface area (Å²) in [7, 11) is 3.87. The van der Waals surface area contributed by atoms with Gasteiger partial charge in [0.15, 0.2) is 0 Å². The van der Waals surface area contributed by atoms with Crippen molar-refractivity contribution in [2.45, 2.75) is 50.2 Å². The molecule has 1 aromatic rings. The van der Waals surface area contributed by atoms with Crippen LogP contribution in [0, 0.1) is 0 Å². The fourth-order valence-electron chi connectivity index (χ4n) is 3.09. The average molecular weight is 288 g/mol. The molecule has 1 aliphatic rings. The molecule has 1 unspecified atom stereocenters. The Balaban J connectivity index is 2.27. The standard InChI is InChI=1S/C14H22ClNOS/c1-16-13(11-7-8-12(15)18-11)14(17-2)9-5-3-4-6-10-14/h7-8,13,16H,3-6,9-10H2,1-2H3. The van der Waals surface area contributed by atoms with Crippen molar-refractivity contribution in [3.8, 4) is 0 Å². The second kappa shape index (κ2) is 6.38. The maximum absolute atomic E-state index is 6.07. The monoisotopic (exact) mass is 287 g/mol. The molecule has 0 bridgehead atoms. The molecule has 0 spiro atoms. The molecule has 2 rings (SSSR count). The zero-order valence-corrected chi connectivity index (χ0v) is 12.7. The van der Waals surface area contributed by atoms with Crippen LogP contribution in [0.25, 0.3) is 0 Å². The largest absolute Gasteiger partial charge is 0.376 e. The minimum Gasteiger partial charge on any atom is -0.376 e. The van der Waals surface area contributed by atoms with Crippen LogP contribution in [-0.4, -0.2) is 19.8 Å². The molecule has 1 heterocycles. The van der Waals surface area contributed by atoms with Crippen LogP contribution in [0.2, 0.25) is 4.34 Å². The summed E-state index contributed by atoms with van der Waals surface area (Å²) in [5, 5.41) is 3.45. The van der Waals surface area contributed by atoms with Crippen LogP contribution in [0.15, 0.2) is 12.1 Å². The smallest absolute Gasteiger partial charge is 0.0931 e. The Morgan fingerprint density at radius 3 is 2.39 bits per heavy atom. The summed E-state index contributed by atoms with van der Waals surface area (Å²) in [5.74, 6) is 0. The number of hydrogen-bond acceptors (Lipinski definition) is 3. The molecule has 0 amide bonds. The highest BCUT2D eigenvalue weighted by atomic mass is 35.5. The van der Waals surface area contributed by atoms with Gasteiger partial charge in [0.1, 0.15) is 0 Å². The lowest BCUT2D eigenvalue weighted by atomic mass is 9.85. The fraction of sp³-hybridized carbons (Fsp3) is 0.714. The summed E-state index contributed by atoms with van der Waals surface area (Å²) in [6.45, 7) is 0. The first-order valence-corrected chi connectivity index (χ1v) is 7.89. The van der Waals surface area contributed by atoms with E-state index in [0.717, 1.165) is 17.2 Å². The topological polar surface area (TPSA) is 21.3 Å². The van der Waals surface area contributed by atoms with Crippen molar-refractivity contribution in [3.05, 3.63) is 21.3 Å². The number of nitrogens with one attached hydrogen (secondary N) is 1. The van der Waals surface area contributed by atoms with Crippen LogP contribution in [0.4, 0.5) is 0 Å². The van der Waals surface area contributed by atoms with E-state index in [2.05, 4.69) is 11.4 Å². The van der Waals surface area contributed by atoms with Crippen molar-refractivity contribution in [2.24, 2.45) is 0 Å². The van der Waals surface area contributed by atoms with E-state index < -0.39 is 0 Å². The third-order valence-electron chi connectivity index (χ3n) is 4.05. The molecule has 18 heavy (non-hydrogen) atoms. The molecule has 1 saturated carbocycles. The number of thiophene rings is 1. The van der Waals surface area contributed by atoms with Gasteiger partial charge in [-0.1, -0.05) is 37.3 Å². The molecule has 1 N–H and O–H groups in total. The Kier molecular flexibility index (Phi) is 5.07. The summed E-state index contributed by atoms with van der Waals surface area (Å²) in [6, 6.07) is 4.35. The van der Waals surface area contributed by atoms with Crippen molar-refractivity contribution < 1.29 is 4.74 Å². The molecule has 2 nitrogen and oxygen atoms in total. The minimum atomic E-state index is -0.0700. The lowest BCUT2D eigenvalue weighted by Gasteiger charge is -2.38. The van der Waals surface area contributed by atoms with E-state index in [0.29, 0.717) is 0 Å². The lowest BCUT2D eigenvalue weighted by Crippen LogP contribution is -2.43. The predicted octanol–water partition coefficient (Wildman–Crippen LogP) is 4.40. The fourth-order valence-corrected chi connectivity index (χ4v) is 4.36. The molecule has 4 heteroatoms. The molecule has 1 aromatic heterocycles. The van der Waals surface area contributed by atoms with Crippen LogP contribution in [0.1, 0.15) is 49.4 Å². The van der Waals surface area contributed by atoms with E-state index in [9.17, 15) is 0 Å². The molecule has 1 atom stereocenters. The van der Waals surface area contributed by atoms with E-state index in [1.54, 1.807) is 11.3 Å². The maximum Gasteiger partial charge on any atom is 0.0931 e. The number of rotatable bonds is 4. The van der Waals surface area contributed by atoms with Gasteiger partial charge in [-0.2, -0.15) is 0 Å². The van der Waals surface area contributed by atoms with E-state index in [1.807, 2.05) is 20.2 Å². The Labute approximate surface area is 119 Å². The molecule has 0 radical (unpaired) electrons. The summed E-state index contributed by atoms with van der Waals surface area (Å²) in [4.78, 5) is 1.28. The zero-order valence-electron chi connectivity index (χ0n) is 11.2. The maximum atomic E-state index is 6.07. The molecule has 0 aliphatic heterocycles. The van der Waals surface area contributed by atoms with Crippen molar-refractivity contribution in [1.82, 2.24) is 5.32 Å². The Morgan fingerprint density at radius 2 is 1.94 bits per heavy atom. The summed E-state index contributed by atoms with van der Waals surface area (Å²) in [5.41, 5.74) is -0.0700. The van der Waals surface area contributed by atoms with Crippen molar-refractivity contribution in [3.63, 3.8) is 0 Å².